The van der Waals surface area contributed by atoms with Crippen LogP contribution in [0.2, 0.25) is 0 Å². The van der Waals surface area contributed by atoms with Crippen LogP contribution >= 0.6 is 0 Å². The lowest BCUT2D eigenvalue weighted by Gasteiger charge is -2.16. The van der Waals surface area contributed by atoms with Gasteiger partial charge in [0.15, 0.2) is 0 Å². The van der Waals surface area contributed by atoms with Crippen molar-refractivity contribution in [2.75, 3.05) is 0 Å². The molecule has 0 unspecified atom stereocenters. The maximum atomic E-state index is 11.6. The van der Waals surface area contributed by atoms with Gasteiger partial charge in [0.1, 0.15) is 5.75 Å². The first-order valence-electron chi connectivity index (χ1n) is 8.87. The Bertz CT molecular complexity index is 988. The summed E-state index contributed by atoms with van der Waals surface area (Å²) in [7, 11) is 0. The standard InChI is InChI=1S/C23H20O3/c24-22-4-2-1-3-19(22)20-13-15-5-6-16-8-10-18(21(14-16)23(25)26)12-11-17(20)9-7-15/h1-4,7-10,13-14,24H,5-6,11-12H2,(H,25,26). The van der Waals surface area contributed by atoms with Crippen LogP contribution in [0.15, 0.2) is 60.7 Å². The number of aryl methyl sites for hydroxylation is 4. The van der Waals surface area contributed by atoms with Gasteiger partial charge in [-0.3, -0.25) is 0 Å². The summed E-state index contributed by atoms with van der Waals surface area (Å²) in [5.41, 5.74) is 6.47. The molecule has 0 fully saturated rings. The maximum absolute atomic E-state index is 11.6. The average molecular weight is 344 g/mol. The van der Waals surface area contributed by atoms with E-state index in [1.165, 1.54) is 5.56 Å². The fraction of sp³-hybridized carbons (Fsp3) is 0.174. The molecule has 0 atom stereocenters. The molecule has 3 heteroatoms. The SMILES string of the molecule is O=C(O)c1cc2ccc1CCc1ccc(cc1-c1ccccc1O)CC2. The molecule has 2 N–H and O–H groups in total. The second kappa shape index (κ2) is 6.68. The highest BCUT2D eigenvalue weighted by atomic mass is 16.4. The molecule has 0 amide bonds. The fourth-order valence-electron chi connectivity index (χ4n) is 3.70. The van der Waals surface area contributed by atoms with Gasteiger partial charge in [-0.1, -0.05) is 48.5 Å². The Balaban J connectivity index is 1.82. The van der Waals surface area contributed by atoms with E-state index in [0.717, 1.165) is 47.1 Å². The minimum atomic E-state index is -0.867. The molecule has 0 saturated carbocycles. The summed E-state index contributed by atoms with van der Waals surface area (Å²) in [6.07, 6.45) is 3.00. The summed E-state index contributed by atoms with van der Waals surface area (Å²) in [6, 6.07) is 19.6. The first-order valence-corrected chi connectivity index (χ1v) is 8.87. The lowest BCUT2D eigenvalue weighted by Crippen LogP contribution is -2.07. The first kappa shape index (κ1) is 16.4. The van der Waals surface area contributed by atoms with Crippen molar-refractivity contribution < 1.29 is 15.0 Å². The Morgan fingerprint density at radius 1 is 0.731 bits per heavy atom. The molecule has 7 rings (SSSR count). The van der Waals surface area contributed by atoms with E-state index in [9.17, 15) is 15.0 Å². The molecule has 26 heavy (non-hydrogen) atoms. The topological polar surface area (TPSA) is 57.5 Å². The molecule has 0 aliphatic heterocycles. The molecule has 4 bridgehead atoms. The zero-order valence-electron chi connectivity index (χ0n) is 14.4. The summed E-state index contributed by atoms with van der Waals surface area (Å²) in [5, 5.41) is 19.9. The monoisotopic (exact) mass is 344 g/mol. The number of carboxylic acids is 1. The van der Waals surface area contributed by atoms with Gasteiger partial charge >= 0.3 is 5.97 Å². The number of phenolic OH excluding ortho intramolecular Hbond substituents is 1. The highest BCUT2D eigenvalue weighted by Crippen LogP contribution is 2.33. The van der Waals surface area contributed by atoms with Crippen LogP contribution in [0.3, 0.4) is 0 Å². The second-order valence-corrected chi connectivity index (χ2v) is 6.81. The normalized spacial score (nSPS) is 13.2. The summed E-state index contributed by atoms with van der Waals surface area (Å²) in [5.74, 6) is -0.596. The molecule has 3 aromatic carbocycles. The van der Waals surface area contributed by atoms with Gasteiger partial charge in [-0.25, -0.2) is 4.79 Å². The van der Waals surface area contributed by atoms with Crippen molar-refractivity contribution in [3.63, 3.8) is 0 Å². The third-order valence-corrected chi connectivity index (χ3v) is 5.14. The second-order valence-electron chi connectivity index (χ2n) is 6.81. The zero-order valence-corrected chi connectivity index (χ0v) is 14.4. The quantitative estimate of drug-likeness (QED) is 0.712. The maximum Gasteiger partial charge on any atom is 0.335 e. The van der Waals surface area contributed by atoms with Gasteiger partial charge in [-0.2, -0.15) is 0 Å². The van der Waals surface area contributed by atoms with Crippen LogP contribution < -0.4 is 0 Å². The Labute approximate surface area is 152 Å². The van der Waals surface area contributed by atoms with Gasteiger partial charge in [-0.15, -0.1) is 0 Å². The molecular weight excluding hydrogens is 324 g/mol. The van der Waals surface area contributed by atoms with Crippen molar-refractivity contribution >= 4 is 5.97 Å². The molecule has 0 saturated heterocycles. The van der Waals surface area contributed by atoms with E-state index in [1.54, 1.807) is 6.07 Å². The molecule has 0 heterocycles. The van der Waals surface area contributed by atoms with Crippen LogP contribution in [0.25, 0.3) is 11.1 Å². The highest BCUT2D eigenvalue weighted by molar-refractivity contribution is 5.89. The van der Waals surface area contributed by atoms with E-state index in [1.807, 2.05) is 36.4 Å². The predicted molar refractivity (Wildman–Crippen MR) is 102 cm³/mol. The van der Waals surface area contributed by atoms with Crippen molar-refractivity contribution in [3.8, 4) is 16.9 Å². The van der Waals surface area contributed by atoms with E-state index in [4.69, 9.17) is 0 Å². The zero-order chi connectivity index (χ0) is 18.1. The summed E-state index contributed by atoms with van der Waals surface area (Å²) >= 11 is 0. The van der Waals surface area contributed by atoms with Crippen LogP contribution in [0.5, 0.6) is 5.75 Å². The number of carboxylic acid groups (broad SMARTS) is 1. The van der Waals surface area contributed by atoms with E-state index in [0.29, 0.717) is 12.0 Å². The average Bonchev–Trinajstić information content (AvgIpc) is 2.64. The Morgan fingerprint density at radius 2 is 1.38 bits per heavy atom. The number of phenols is 1. The molecule has 4 aliphatic carbocycles. The van der Waals surface area contributed by atoms with Crippen molar-refractivity contribution in [2.24, 2.45) is 0 Å². The molecule has 0 spiro atoms. The molecule has 4 aliphatic rings. The lowest BCUT2D eigenvalue weighted by atomic mass is 9.89. The van der Waals surface area contributed by atoms with E-state index in [2.05, 4.69) is 18.2 Å². The van der Waals surface area contributed by atoms with Crippen molar-refractivity contribution in [2.45, 2.75) is 25.7 Å². The minimum absolute atomic E-state index is 0.271. The number of aromatic hydroxyl groups is 1. The van der Waals surface area contributed by atoms with E-state index < -0.39 is 5.97 Å². The first-order chi connectivity index (χ1) is 12.6. The Kier molecular flexibility index (Phi) is 4.21. The van der Waals surface area contributed by atoms with Gasteiger partial charge in [-0.05, 0) is 65.6 Å². The molecule has 3 aromatic rings. The number of carbonyl (C=O) groups is 1. The fourth-order valence-corrected chi connectivity index (χ4v) is 3.70. The predicted octanol–water partition coefficient (Wildman–Crippen LogP) is 4.64. The van der Waals surface area contributed by atoms with E-state index >= 15 is 0 Å². The Morgan fingerprint density at radius 3 is 2.12 bits per heavy atom. The number of para-hydroxylation sites is 1. The third kappa shape index (κ3) is 3.08. The third-order valence-electron chi connectivity index (χ3n) is 5.14. The van der Waals surface area contributed by atoms with Crippen molar-refractivity contribution in [1.82, 2.24) is 0 Å². The van der Waals surface area contributed by atoms with Crippen LogP contribution in [0.4, 0.5) is 0 Å². The van der Waals surface area contributed by atoms with Gasteiger partial charge in [0.05, 0.1) is 5.56 Å². The number of benzene rings is 3. The number of rotatable bonds is 2. The van der Waals surface area contributed by atoms with Crippen molar-refractivity contribution in [1.29, 1.82) is 0 Å². The minimum Gasteiger partial charge on any atom is -0.507 e. The number of aromatic carboxylic acids is 1. The van der Waals surface area contributed by atoms with Crippen LogP contribution in [0.1, 0.15) is 32.6 Å². The van der Waals surface area contributed by atoms with Crippen LogP contribution in [-0.4, -0.2) is 16.2 Å². The Hall–Kier alpha value is -3.07. The smallest absolute Gasteiger partial charge is 0.335 e. The largest absolute Gasteiger partial charge is 0.507 e. The highest BCUT2D eigenvalue weighted by Gasteiger charge is 2.15. The van der Waals surface area contributed by atoms with Gasteiger partial charge in [0.25, 0.3) is 0 Å². The lowest BCUT2D eigenvalue weighted by molar-refractivity contribution is 0.0695. The molecule has 0 radical (unpaired) electrons. The van der Waals surface area contributed by atoms with Gasteiger partial charge < -0.3 is 10.2 Å². The number of hydrogen-bond donors (Lipinski definition) is 2. The molecule has 3 nitrogen and oxygen atoms in total. The molecule has 130 valence electrons. The van der Waals surface area contributed by atoms with E-state index in [-0.39, 0.29) is 5.75 Å². The summed E-state index contributed by atoms with van der Waals surface area (Å²) in [6.45, 7) is 0. The summed E-state index contributed by atoms with van der Waals surface area (Å²) in [4.78, 5) is 11.6. The van der Waals surface area contributed by atoms with Gasteiger partial charge in [0.2, 0.25) is 0 Å². The summed E-state index contributed by atoms with van der Waals surface area (Å²) < 4.78 is 0. The van der Waals surface area contributed by atoms with Gasteiger partial charge in [0, 0.05) is 5.56 Å². The van der Waals surface area contributed by atoms with Crippen LogP contribution in [-0.2, 0) is 25.7 Å². The molecular formula is C23H20O3. The number of hydrogen-bond acceptors (Lipinski definition) is 2. The van der Waals surface area contributed by atoms with Crippen LogP contribution in [0, 0.1) is 0 Å². The molecule has 0 aromatic heterocycles. The van der Waals surface area contributed by atoms with Crippen molar-refractivity contribution in [3.05, 3.63) is 88.5 Å².